The van der Waals surface area contributed by atoms with Gasteiger partial charge >= 0.3 is 0 Å². The Kier molecular flexibility index (Phi) is 5.58. The first-order valence-corrected chi connectivity index (χ1v) is 13.1. The highest BCUT2D eigenvalue weighted by Crippen LogP contribution is 2.67. The largest absolute Gasteiger partial charge is 0.393 e. The van der Waals surface area contributed by atoms with Crippen LogP contribution in [0.4, 0.5) is 0 Å². The average molecular weight is 409 g/mol. The monoisotopic (exact) mass is 408 g/mol. The van der Waals surface area contributed by atoms with Gasteiger partial charge in [0.05, 0.1) is 6.10 Å². The van der Waals surface area contributed by atoms with Crippen LogP contribution in [0.25, 0.3) is 0 Å². The number of rotatable bonds is 4. The second-order valence-electron chi connectivity index (χ2n) is 12.2. The van der Waals surface area contributed by atoms with E-state index >= 15 is 0 Å². The predicted octanol–water partition coefficient (Wildman–Crippen LogP) is 7.62. The molecule has 0 aromatic carbocycles. The van der Waals surface area contributed by atoms with Crippen LogP contribution in [0, 0.1) is 40.4 Å². The Morgan fingerprint density at radius 2 is 1.90 bits per heavy atom. The fourth-order valence-electron chi connectivity index (χ4n) is 9.07. The number of aliphatic hydroxyl groups is 1. The third-order valence-electron chi connectivity index (χ3n) is 10.8. The third-order valence-corrected chi connectivity index (χ3v) is 10.8. The molecule has 5 rings (SSSR count). The minimum atomic E-state index is -0.0828. The van der Waals surface area contributed by atoms with Gasteiger partial charge in [0.2, 0.25) is 0 Å². The van der Waals surface area contributed by atoms with Crippen LogP contribution in [0.15, 0.2) is 35.5 Å². The van der Waals surface area contributed by atoms with E-state index in [1.54, 1.807) is 11.1 Å². The molecule has 0 heterocycles. The van der Waals surface area contributed by atoms with Crippen LogP contribution >= 0.6 is 0 Å². The molecule has 1 nitrogen and oxygen atoms in total. The van der Waals surface area contributed by atoms with Crippen molar-refractivity contribution in [2.24, 2.45) is 40.4 Å². The van der Waals surface area contributed by atoms with Gasteiger partial charge in [-0.1, -0.05) is 56.2 Å². The summed E-state index contributed by atoms with van der Waals surface area (Å²) < 4.78 is 0. The first kappa shape index (κ1) is 21.0. The number of fused-ring (bicyclic) bond motifs is 5. The van der Waals surface area contributed by atoms with E-state index in [2.05, 4.69) is 45.1 Å². The van der Waals surface area contributed by atoms with Gasteiger partial charge in [-0.25, -0.2) is 0 Å². The molecule has 3 fully saturated rings. The van der Waals surface area contributed by atoms with Gasteiger partial charge in [-0.2, -0.15) is 0 Å². The van der Waals surface area contributed by atoms with Crippen LogP contribution in [-0.4, -0.2) is 11.2 Å². The molecule has 1 heteroatoms. The van der Waals surface area contributed by atoms with Gasteiger partial charge in [-0.15, -0.1) is 0 Å². The summed E-state index contributed by atoms with van der Waals surface area (Å²) in [5.74, 6) is 4.47. The number of hydrogen-bond acceptors (Lipinski definition) is 1. The van der Waals surface area contributed by atoms with E-state index in [1.807, 2.05) is 0 Å². The summed E-state index contributed by atoms with van der Waals surface area (Å²) in [6.07, 6.45) is 25.2. The van der Waals surface area contributed by atoms with Crippen LogP contribution in [0.1, 0.15) is 97.8 Å². The van der Waals surface area contributed by atoms with Gasteiger partial charge in [0.1, 0.15) is 0 Å². The SMILES string of the molecule is C[C@H](CCC1=CCCC=C1)[C@H]1CC[C@H]2[C@@H]3CC=C4C[C@@H](O)CC[C@]4(C)[C@H]3CC[C@]12C. The van der Waals surface area contributed by atoms with Crippen molar-refractivity contribution in [1.82, 2.24) is 0 Å². The van der Waals surface area contributed by atoms with Crippen LogP contribution in [0.5, 0.6) is 0 Å². The molecule has 0 aromatic heterocycles. The van der Waals surface area contributed by atoms with Crippen LogP contribution < -0.4 is 0 Å². The van der Waals surface area contributed by atoms with E-state index in [4.69, 9.17) is 0 Å². The lowest BCUT2D eigenvalue weighted by Gasteiger charge is -2.58. The fraction of sp³-hybridized carbons (Fsp3) is 0.793. The smallest absolute Gasteiger partial charge is 0.0577 e. The van der Waals surface area contributed by atoms with Crippen molar-refractivity contribution in [2.75, 3.05) is 0 Å². The van der Waals surface area contributed by atoms with Gasteiger partial charge < -0.3 is 5.11 Å². The Bertz CT molecular complexity index is 743. The quantitative estimate of drug-likeness (QED) is 0.474. The molecule has 166 valence electrons. The highest BCUT2D eigenvalue weighted by molar-refractivity contribution is 5.25. The van der Waals surface area contributed by atoms with E-state index in [-0.39, 0.29) is 6.10 Å². The summed E-state index contributed by atoms with van der Waals surface area (Å²) in [4.78, 5) is 0. The van der Waals surface area contributed by atoms with Crippen molar-refractivity contribution in [2.45, 2.75) is 104 Å². The zero-order valence-corrected chi connectivity index (χ0v) is 19.7. The van der Waals surface area contributed by atoms with Crippen molar-refractivity contribution in [1.29, 1.82) is 0 Å². The third kappa shape index (κ3) is 3.39. The Morgan fingerprint density at radius 3 is 2.70 bits per heavy atom. The zero-order chi connectivity index (χ0) is 20.9. The lowest BCUT2D eigenvalue weighted by Crippen LogP contribution is -2.50. The Labute approximate surface area is 185 Å². The van der Waals surface area contributed by atoms with E-state index < -0.39 is 0 Å². The molecule has 0 bridgehead atoms. The molecule has 3 saturated carbocycles. The summed E-state index contributed by atoms with van der Waals surface area (Å²) in [6, 6.07) is 0. The summed E-state index contributed by atoms with van der Waals surface area (Å²) in [6.45, 7) is 7.82. The summed E-state index contributed by atoms with van der Waals surface area (Å²) >= 11 is 0. The highest BCUT2D eigenvalue weighted by atomic mass is 16.3. The number of hydrogen-bond donors (Lipinski definition) is 1. The van der Waals surface area contributed by atoms with Gasteiger partial charge in [0.15, 0.2) is 0 Å². The van der Waals surface area contributed by atoms with Crippen molar-refractivity contribution >= 4 is 0 Å². The summed E-state index contributed by atoms with van der Waals surface area (Å²) in [7, 11) is 0. The molecule has 0 spiro atoms. The van der Waals surface area contributed by atoms with Gasteiger partial charge in [0.25, 0.3) is 0 Å². The topological polar surface area (TPSA) is 20.2 Å². The molecule has 5 aliphatic carbocycles. The second kappa shape index (κ2) is 7.95. The Morgan fingerprint density at radius 1 is 1.03 bits per heavy atom. The molecule has 1 N–H and O–H groups in total. The van der Waals surface area contributed by atoms with E-state index in [0.717, 1.165) is 42.4 Å². The molecule has 0 aromatic rings. The second-order valence-corrected chi connectivity index (χ2v) is 12.2. The van der Waals surface area contributed by atoms with Gasteiger partial charge in [0, 0.05) is 0 Å². The van der Waals surface area contributed by atoms with Crippen LogP contribution in [-0.2, 0) is 0 Å². The van der Waals surface area contributed by atoms with Crippen molar-refractivity contribution in [3.05, 3.63) is 35.5 Å². The maximum Gasteiger partial charge on any atom is 0.0577 e. The van der Waals surface area contributed by atoms with Crippen LogP contribution in [0.2, 0.25) is 0 Å². The van der Waals surface area contributed by atoms with E-state index in [0.29, 0.717) is 10.8 Å². The predicted molar refractivity (Wildman–Crippen MR) is 126 cm³/mol. The lowest BCUT2D eigenvalue weighted by atomic mass is 9.47. The minimum Gasteiger partial charge on any atom is -0.393 e. The molecular weight excluding hydrogens is 364 g/mol. The Hall–Kier alpha value is -0.820. The first-order chi connectivity index (χ1) is 14.4. The van der Waals surface area contributed by atoms with Crippen molar-refractivity contribution in [3.8, 4) is 0 Å². The first-order valence-electron chi connectivity index (χ1n) is 13.1. The van der Waals surface area contributed by atoms with Gasteiger partial charge in [-0.05, 0) is 117 Å². The molecule has 0 radical (unpaired) electrons. The fourth-order valence-corrected chi connectivity index (χ4v) is 9.07. The minimum absolute atomic E-state index is 0.0828. The zero-order valence-electron chi connectivity index (χ0n) is 19.7. The molecular formula is C29H44O. The molecule has 30 heavy (non-hydrogen) atoms. The normalized spacial score (nSPS) is 46.3. The molecule has 5 aliphatic rings. The van der Waals surface area contributed by atoms with Crippen molar-refractivity contribution in [3.63, 3.8) is 0 Å². The summed E-state index contributed by atoms with van der Waals surface area (Å²) in [5.41, 5.74) is 4.15. The molecule has 0 aliphatic heterocycles. The number of allylic oxidation sites excluding steroid dienone is 5. The maximum absolute atomic E-state index is 10.2. The maximum atomic E-state index is 10.2. The van der Waals surface area contributed by atoms with E-state index in [1.165, 1.54) is 64.2 Å². The van der Waals surface area contributed by atoms with Gasteiger partial charge in [-0.3, -0.25) is 0 Å². The Balaban J connectivity index is 1.30. The molecule has 0 saturated heterocycles. The average Bonchev–Trinajstić information content (AvgIpc) is 3.10. The summed E-state index contributed by atoms with van der Waals surface area (Å²) in [5, 5.41) is 10.2. The number of aliphatic hydroxyl groups excluding tert-OH is 1. The van der Waals surface area contributed by atoms with E-state index in [9.17, 15) is 5.11 Å². The lowest BCUT2D eigenvalue weighted by molar-refractivity contribution is -0.0571. The standard InChI is InChI=1S/C29H44O/c1-20(9-10-21-7-5-4-6-8-21)25-13-14-26-24-12-11-22-19-23(30)15-17-28(22,2)27(24)16-18-29(25,26)3/h5,7-8,11,20,23-27,30H,4,6,9-10,12-19H2,1-3H3/t20-,23+,24+,25-,26+,27+,28+,29-/m1/s1. The molecule has 0 amide bonds. The van der Waals surface area contributed by atoms with Crippen LogP contribution in [0.3, 0.4) is 0 Å². The molecule has 0 unspecified atom stereocenters. The highest BCUT2D eigenvalue weighted by Gasteiger charge is 2.59. The molecule has 8 atom stereocenters. The van der Waals surface area contributed by atoms with Crippen molar-refractivity contribution < 1.29 is 5.11 Å².